The van der Waals surface area contributed by atoms with E-state index in [0.29, 0.717) is 11.6 Å². The Balaban J connectivity index is 1.69. The molecule has 6 heteroatoms. The van der Waals surface area contributed by atoms with Gasteiger partial charge in [-0.25, -0.2) is 0 Å². The van der Waals surface area contributed by atoms with Crippen molar-refractivity contribution in [2.45, 2.75) is 6.92 Å². The van der Waals surface area contributed by atoms with Crippen LogP contribution >= 0.6 is 11.8 Å². The summed E-state index contributed by atoms with van der Waals surface area (Å²) in [6.07, 6.45) is 0. The molecule has 0 radical (unpaired) electrons. The summed E-state index contributed by atoms with van der Waals surface area (Å²) in [5, 5.41) is 3.90. The molecule has 2 N–H and O–H groups in total. The van der Waals surface area contributed by atoms with Crippen molar-refractivity contribution in [1.29, 1.82) is 0 Å². The monoisotopic (exact) mass is 289 g/mol. The van der Waals surface area contributed by atoms with Crippen LogP contribution < -0.4 is 5.32 Å². The average Bonchev–Trinajstić information content (AvgIpc) is 2.94. The van der Waals surface area contributed by atoms with Gasteiger partial charge in [-0.3, -0.25) is 9.59 Å². The van der Waals surface area contributed by atoms with E-state index >= 15 is 0 Å². The highest BCUT2D eigenvalue weighted by Gasteiger charge is 2.22. The molecule has 20 heavy (non-hydrogen) atoms. The third kappa shape index (κ3) is 2.65. The van der Waals surface area contributed by atoms with Crippen molar-refractivity contribution in [3.05, 3.63) is 30.0 Å². The number of anilines is 1. The summed E-state index contributed by atoms with van der Waals surface area (Å²) in [7, 11) is 0. The lowest BCUT2D eigenvalue weighted by molar-refractivity contribution is -0.130. The number of rotatable bonds is 3. The number of aromatic nitrogens is 1. The SMILES string of the molecule is Cc1cc2cc(NC(=O)CN3CSCC3=O)ccc2[nH]1. The number of aromatic amines is 1. The van der Waals surface area contributed by atoms with Crippen LogP contribution in [-0.2, 0) is 9.59 Å². The van der Waals surface area contributed by atoms with Gasteiger partial charge in [-0.05, 0) is 31.2 Å². The molecule has 0 spiro atoms. The summed E-state index contributed by atoms with van der Waals surface area (Å²) >= 11 is 1.54. The maximum absolute atomic E-state index is 11.9. The van der Waals surface area contributed by atoms with Crippen LogP contribution in [0, 0.1) is 6.92 Å². The van der Waals surface area contributed by atoms with Gasteiger partial charge >= 0.3 is 0 Å². The Hall–Kier alpha value is -1.95. The highest BCUT2D eigenvalue weighted by atomic mass is 32.2. The van der Waals surface area contributed by atoms with Gasteiger partial charge in [0.1, 0.15) is 6.54 Å². The normalized spacial score (nSPS) is 15.1. The molecule has 1 aromatic carbocycles. The zero-order valence-corrected chi connectivity index (χ0v) is 11.9. The Morgan fingerprint density at radius 3 is 3.05 bits per heavy atom. The first-order chi connectivity index (χ1) is 9.61. The summed E-state index contributed by atoms with van der Waals surface area (Å²) in [5.74, 6) is 0.943. The minimum atomic E-state index is -0.160. The van der Waals surface area contributed by atoms with Crippen LogP contribution in [0.2, 0.25) is 0 Å². The second kappa shape index (κ2) is 5.20. The quantitative estimate of drug-likeness (QED) is 0.907. The molecule has 3 rings (SSSR count). The van der Waals surface area contributed by atoms with Gasteiger partial charge in [0.15, 0.2) is 0 Å². The number of amides is 2. The van der Waals surface area contributed by atoms with Crippen LogP contribution in [0.5, 0.6) is 0 Å². The summed E-state index contributed by atoms with van der Waals surface area (Å²) in [4.78, 5) is 28.2. The Labute approximate surface area is 120 Å². The molecule has 2 amide bonds. The number of carbonyl (C=O) groups is 2. The zero-order valence-electron chi connectivity index (χ0n) is 11.1. The van der Waals surface area contributed by atoms with E-state index in [1.54, 1.807) is 4.90 Å². The Morgan fingerprint density at radius 1 is 1.45 bits per heavy atom. The third-order valence-corrected chi connectivity index (χ3v) is 4.14. The van der Waals surface area contributed by atoms with Crippen LogP contribution in [0.3, 0.4) is 0 Å². The molecule has 1 aliphatic rings. The van der Waals surface area contributed by atoms with Crippen molar-refractivity contribution in [3.8, 4) is 0 Å². The fourth-order valence-electron chi connectivity index (χ4n) is 2.27. The molecule has 104 valence electrons. The Bertz CT molecular complexity index is 680. The van der Waals surface area contributed by atoms with E-state index in [1.807, 2.05) is 31.2 Å². The van der Waals surface area contributed by atoms with Crippen LogP contribution in [0.1, 0.15) is 5.69 Å². The first-order valence-corrected chi connectivity index (χ1v) is 7.52. The standard InChI is InChI=1S/C14H15N3O2S/c1-9-4-10-5-11(2-3-12(10)15-9)16-13(18)6-17-8-20-7-14(17)19/h2-5,15H,6-8H2,1H3,(H,16,18). The minimum Gasteiger partial charge on any atom is -0.359 e. The molecule has 0 bridgehead atoms. The van der Waals surface area contributed by atoms with E-state index in [0.717, 1.165) is 22.3 Å². The molecular weight excluding hydrogens is 274 g/mol. The topological polar surface area (TPSA) is 65.2 Å². The van der Waals surface area contributed by atoms with E-state index < -0.39 is 0 Å². The molecule has 1 fully saturated rings. The van der Waals surface area contributed by atoms with Gasteiger partial charge < -0.3 is 15.2 Å². The Morgan fingerprint density at radius 2 is 2.30 bits per heavy atom. The molecule has 1 aromatic heterocycles. The van der Waals surface area contributed by atoms with Crippen LogP contribution in [0.4, 0.5) is 5.69 Å². The van der Waals surface area contributed by atoms with Gasteiger partial charge in [0.25, 0.3) is 0 Å². The summed E-state index contributed by atoms with van der Waals surface area (Å²) < 4.78 is 0. The van der Waals surface area contributed by atoms with E-state index in [1.165, 1.54) is 11.8 Å². The maximum Gasteiger partial charge on any atom is 0.244 e. The second-order valence-electron chi connectivity index (χ2n) is 4.87. The van der Waals surface area contributed by atoms with E-state index in [4.69, 9.17) is 0 Å². The zero-order chi connectivity index (χ0) is 14.1. The van der Waals surface area contributed by atoms with Crippen molar-refractivity contribution in [1.82, 2.24) is 9.88 Å². The van der Waals surface area contributed by atoms with Crippen LogP contribution in [0.15, 0.2) is 24.3 Å². The number of nitrogens with zero attached hydrogens (tertiary/aromatic N) is 1. The predicted molar refractivity (Wildman–Crippen MR) is 80.7 cm³/mol. The fourth-order valence-corrected chi connectivity index (χ4v) is 3.17. The lowest BCUT2D eigenvalue weighted by Crippen LogP contribution is -2.34. The predicted octanol–water partition coefficient (Wildman–Crippen LogP) is 1.95. The largest absolute Gasteiger partial charge is 0.359 e. The number of benzene rings is 1. The van der Waals surface area contributed by atoms with Crippen LogP contribution in [0.25, 0.3) is 10.9 Å². The number of nitrogens with one attached hydrogen (secondary N) is 2. The summed E-state index contributed by atoms with van der Waals surface area (Å²) in [6.45, 7) is 2.12. The molecule has 0 saturated carbocycles. The highest BCUT2D eigenvalue weighted by Crippen LogP contribution is 2.20. The first kappa shape index (κ1) is 13.1. The molecule has 0 aliphatic carbocycles. The highest BCUT2D eigenvalue weighted by molar-refractivity contribution is 8.00. The van der Waals surface area contributed by atoms with E-state index in [9.17, 15) is 9.59 Å². The van der Waals surface area contributed by atoms with Gasteiger partial charge in [0, 0.05) is 22.3 Å². The second-order valence-corrected chi connectivity index (χ2v) is 5.83. The summed E-state index contributed by atoms with van der Waals surface area (Å²) in [6, 6.07) is 7.76. The number of aryl methyl sites for hydroxylation is 1. The number of fused-ring (bicyclic) bond motifs is 1. The molecule has 1 saturated heterocycles. The van der Waals surface area contributed by atoms with Gasteiger partial charge in [0.05, 0.1) is 11.6 Å². The molecule has 0 unspecified atom stereocenters. The van der Waals surface area contributed by atoms with Crippen molar-refractivity contribution >= 4 is 40.2 Å². The van der Waals surface area contributed by atoms with Gasteiger partial charge in [-0.2, -0.15) is 0 Å². The molecule has 1 aliphatic heterocycles. The van der Waals surface area contributed by atoms with Gasteiger partial charge in [-0.15, -0.1) is 11.8 Å². The van der Waals surface area contributed by atoms with Crippen molar-refractivity contribution < 1.29 is 9.59 Å². The smallest absolute Gasteiger partial charge is 0.244 e. The molecular formula is C14H15N3O2S. The Kier molecular flexibility index (Phi) is 3.40. The maximum atomic E-state index is 11.9. The molecule has 2 heterocycles. The lowest BCUT2D eigenvalue weighted by atomic mass is 10.2. The number of hydrogen-bond donors (Lipinski definition) is 2. The van der Waals surface area contributed by atoms with Crippen molar-refractivity contribution in [2.24, 2.45) is 0 Å². The lowest BCUT2D eigenvalue weighted by Gasteiger charge is -2.14. The van der Waals surface area contributed by atoms with Gasteiger partial charge in [0.2, 0.25) is 11.8 Å². The molecule has 0 atom stereocenters. The molecule has 5 nitrogen and oxygen atoms in total. The number of carbonyl (C=O) groups excluding carboxylic acids is 2. The average molecular weight is 289 g/mol. The minimum absolute atomic E-state index is 0.0295. The number of hydrogen-bond acceptors (Lipinski definition) is 3. The van der Waals surface area contributed by atoms with Crippen molar-refractivity contribution in [3.63, 3.8) is 0 Å². The number of H-pyrrole nitrogens is 1. The van der Waals surface area contributed by atoms with E-state index in [-0.39, 0.29) is 18.4 Å². The van der Waals surface area contributed by atoms with Crippen LogP contribution in [-0.4, -0.2) is 39.9 Å². The van der Waals surface area contributed by atoms with E-state index in [2.05, 4.69) is 10.3 Å². The van der Waals surface area contributed by atoms with Crippen molar-refractivity contribution in [2.75, 3.05) is 23.5 Å². The third-order valence-electron chi connectivity index (χ3n) is 3.20. The van der Waals surface area contributed by atoms with Gasteiger partial charge in [-0.1, -0.05) is 0 Å². The molecule has 2 aromatic rings. The fraction of sp³-hybridized carbons (Fsp3) is 0.286. The first-order valence-electron chi connectivity index (χ1n) is 6.36. The number of thioether (sulfide) groups is 1. The summed E-state index contributed by atoms with van der Waals surface area (Å²) in [5.41, 5.74) is 2.88.